The van der Waals surface area contributed by atoms with Crippen molar-refractivity contribution in [2.45, 2.75) is 57.8 Å². The fraction of sp³-hybridized carbons (Fsp3) is 0.611. The molecule has 3 nitrogen and oxygen atoms in total. The van der Waals surface area contributed by atoms with Gasteiger partial charge in [-0.25, -0.2) is 0 Å². The van der Waals surface area contributed by atoms with Gasteiger partial charge >= 0.3 is 0 Å². The molecule has 0 spiro atoms. The van der Waals surface area contributed by atoms with Gasteiger partial charge in [0.2, 0.25) is 5.91 Å². The maximum absolute atomic E-state index is 11.8. The second kappa shape index (κ2) is 8.71. The Kier molecular flexibility index (Phi) is 6.58. The van der Waals surface area contributed by atoms with Gasteiger partial charge in [-0.05, 0) is 42.9 Å². The van der Waals surface area contributed by atoms with Gasteiger partial charge in [-0.1, -0.05) is 44.2 Å². The van der Waals surface area contributed by atoms with Gasteiger partial charge in [0.1, 0.15) is 0 Å². The molecule has 21 heavy (non-hydrogen) atoms. The summed E-state index contributed by atoms with van der Waals surface area (Å²) in [5.41, 5.74) is 7.65. The molecule has 0 aliphatic heterocycles. The highest BCUT2D eigenvalue weighted by atomic mass is 16.1. The molecule has 0 unspecified atom stereocenters. The number of carbonyl (C=O) groups excluding carboxylic acids is 1. The molecule has 0 bridgehead atoms. The Balaban J connectivity index is 1.54. The van der Waals surface area contributed by atoms with Gasteiger partial charge in [0, 0.05) is 18.7 Å². The minimum absolute atomic E-state index is 0.196. The average Bonchev–Trinajstić information content (AvgIpc) is 2.50. The van der Waals surface area contributed by atoms with Crippen LogP contribution in [0.25, 0.3) is 0 Å². The summed E-state index contributed by atoms with van der Waals surface area (Å²) in [6, 6.07) is 7.85. The van der Waals surface area contributed by atoms with Crippen LogP contribution >= 0.6 is 0 Å². The molecule has 1 aliphatic carbocycles. The third-order valence-electron chi connectivity index (χ3n) is 4.46. The molecule has 1 aliphatic rings. The summed E-state index contributed by atoms with van der Waals surface area (Å²) in [4.78, 5) is 11.8. The fourth-order valence-corrected chi connectivity index (χ4v) is 3.15. The molecule has 0 saturated heterocycles. The highest BCUT2D eigenvalue weighted by Gasteiger charge is 2.13. The monoisotopic (exact) mass is 288 g/mol. The molecule has 0 aromatic heterocycles. The van der Waals surface area contributed by atoms with Gasteiger partial charge in [0.15, 0.2) is 0 Å². The fourth-order valence-electron chi connectivity index (χ4n) is 3.15. The Morgan fingerprint density at radius 1 is 1.14 bits per heavy atom. The first-order chi connectivity index (χ1) is 10.2. The summed E-state index contributed by atoms with van der Waals surface area (Å²) < 4.78 is 0. The van der Waals surface area contributed by atoms with Crippen molar-refractivity contribution in [1.29, 1.82) is 0 Å². The lowest BCUT2D eigenvalue weighted by Gasteiger charge is -2.21. The predicted molar refractivity (Wildman–Crippen MR) is 88.0 cm³/mol. The highest BCUT2D eigenvalue weighted by Crippen LogP contribution is 2.27. The van der Waals surface area contributed by atoms with Crippen molar-refractivity contribution in [2.24, 2.45) is 5.92 Å². The van der Waals surface area contributed by atoms with Crippen LogP contribution in [-0.4, -0.2) is 12.5 Å². The van der Waals surface area contributed by atoms with E-state index in [9.17, 15) is 4.79 Å². The van der Waals surface area contributed by atoms with E-state index < -0.39 is 0 Å². The molecule has 0 atom stereocenters. The Hall–Kier alpha value is -1.51. The van der Waals surface area contributed by atoms with Crippen molar-refractivity contribution in [3.05, 3.63) is 29.8 Å². The van der Waals surface area contributed by atoms with Gasteiger partial charge in [-0.15, -0.1) is 0 Å². The van der Waals surface area contributed by atoms with E-state index in [-0.39, 0.29) is 5.91 Å². The summed E-state index contributed by atoms with van der Waals surface area (Å²) in [6.07, 6.45) is 10.7. The standard InChI is InChI=1S/C18H28N2O/c19-17-11-9-16(10-12-17)13-14-20-18(21)8-4-7-15-5-2-1-3-6-15/h9-12,15H,1-8,13-14,19H2,(H,20,21). The summed E-state index contributed by atoms with van der Waals surface area (Å²) in [6.45, 7) is 0.714. The number of hydrogen-bond donors (Lipinski definition) is 2. The van der Waals surface area contributed by atoms with Crippen molar-refractivity contribution in [2.75, 3.05) is 12.3 Å². The predicted octanol–water partition coefficient (Wildman–Crippen LogP) is 3.68. The molecule has 3 heteroatoms. The van der Waals surface area contributed by atoms with E-state index in [0.29, 0.717) is 13.0 Å². The Bertz CT molecular complexity index is 421. The highest BCUT2D eigenvalue weighted by molar-refractivity contribution is 5.75. The molecule has 1 aromatic carbocycles. The maximum Gasteiger partial charge on any atom is 0.220 e. The van der Waals surface area contributed by atoms with E-state index in [1.54, 1.807) is 0 Å². The number of amides is 1. The minimum Gasteiger partial charge on any atom is -0.399 e. The van der Waals surface area contributed by atoms with Crippen LogP contribution in [0.4, 0.5) is 5.69 Å². The van der Waals surface area contributed by atoms with Gasteiger partial charge in [0.25, 0.3) is 0 Å². The number of anilines is 1. The number of nitrogens with two attached hydrogens (primary N) is 1. The Morgan fingerprint density at radius 3 is 2.57 bits per heavy atom. The zero-order valence-corrected chi connectivity index (χ0v) is 12.9. The third kappa shape index (κ3) is 6.19. The molecule has 1 saturated carbocycles. The molecule has 1 aromatic rings. The van der Waals surface area contributed by atoms with Gasteiger partial charge < -0.3 is 11.1 Å². The van der Waals surface area contributed by atoms with E-state index >= 15 is 0 Å². The van der Waals surface area contributed by atoms with E-state index in [4.69, 9.17) is 5.73 Å². The lowest BCUT2D eigenvalue weighted by atomic mass is 9.86. The SMILES string of the molecule is Nc1ccc(CCNC(=O)CCCC2CCCCC2)cc1. The number of rotatable bonds is 7. The molecule has 116 valence electrons. The Morgan fingerprint density at radius 2 is 1.86 bits per heavy atom. The van der Waals surface area contributed by atoms with Crippen molar-refractivity contribution in [1.82, 2.24) is 5.32 Å². The lowest BCUT2D eigenvalue weighted by molar-refractivity contribution is -0.121. The normalized spacial score (nSPS) is 15.8. The summed E-state index contributed by atoms with van der Waals surface area (Å²) >= 11 is 0. The number of nitrogen functional groups attached to an aromatic ring is 1. The number of benzene rings is 1. The van der Waals surface area contributed by atoms with Crippen molar-refractivity contribution in [3.8, 4) is 0 Å². The molecule has 0 radical (unpaired) electrons. The van der Waals surface area contributed by atoms with Crippen LogP contribution in [-0.2, 0) is 11.2 Å². The van der Waals surface area contributed by atoms with Crippen molar-refractivity contribution >= 4 is 11.6 Å². The van der Waals surface area contributed by atoms with Crippen molar-refractivity contribution < 1.29 is 4.79 Å². The number of nitrogens with one attached hydrogen (secondary N) is 1. The van der Waals surface area contributed by atoms with Crippen molar-refractivity contribution in [3.63, 3.8) is 0 Å². The summed E-state index contributed by atoms with van der Waals surface area (Å²) in [7, 11) is 0. The molecule has 3 N–H and O–H groups in total. The second-order valence-corrected chi connectivity index (χ2v) is 6.24. The average molecular weight is 288 g/mol. The third-order valence-corrected chi connectivity index (χ3v) is 4.46. The molecule has 2 rings (SSSR count). The van der Waals surface area contributed by atoms with Crippen LogP contribution in [0, 0.1) is 5.92 Å². The van der Waals surface area contributed by atoms with E-state index in [1.165, 1.54) is 44.1 Å². The van der Waals surface area contributed by atoms with Crippen LogP contribution < -0.4 is 11.1 Å². The molecule has 0 heterocycles. The van der Waals surface area contributed by atoms with Gasteiger partial charge in [-0.2, -0.15) is 0 Å². The van der Waals surface area contributed by atoms with E-state index in [0.717, 1.165) is 24.4 Å². The van der Waals surface area contributed by atoms with Gasteiger partial charge in [-0.3, -0.25) is 4.79 Å². The van der Waals surface area contributed by atoms with E-state index in [2.05, 4.69) is 5.32 Å². The summed E-state index contributed by atoms with van der Waals surface area (Å²) in [5.74, 6) is 1.07. The number of hydrogen-bond acceptors (Lipinski definition) is 2. The first-order valence-electron chi connectivity index (χ1n) is 8.35. The zero-order chi connectivity index (χ0) is 14.9. The van der Waals surface area contributed by atoms with Crippen LogP contribution in [0.5, 0.6) is 0 Å². The summed E-state index contributed by atoms with van der Waals surface area (Å²) in [5, 5.41) is 3.01. The zero-order valence-electron chi connectivity index (χ0n) is 12.9. The topological polar surface area (TPSA) is 55.1 Å². The van der Waals surface area contributed by atoms with Crippen LogP contribution in [0.3, 0.4) is 0 Å². The lowest BCUT2D eigenvalue weighted by Crippen LogP contribution is -2.25. The molecule has 1 fully saturated rings. The largest absolute Gasteiger partial charge is 0.399 e. The smallest absolute Gasteiger partial charge is 0.220 e. The first-order valence-corrected chi connectivity index (χ1v) is 8.35. The van der Waals surface area contributed by atoms with Crippen LogP contribution in [0.2, 0.25) is 0 Å². The second-order valence-electron chi connectivity index (χ2n) is 6.24. The minimum atomic E-state index is 0.196. The Labute approximate surface area is 128 Å². The van der Waals surface area contributed by atoms with Gasteiger partial charge in [0.05, 0.1) is 0 Å². The molecular formula is C18H28N2O. The molecular weight excluding hydrogens is 260 g/mol. The quantitative estimate of drug-likeness (QED) is 0.752. The van der Waals surface area contributed by atoms with Crippen LogP contribution in [0.1, 0.15) is 56.9 Å². The molecule has 1 amide bonds. The first kappa shape index (κ1) is 15.9. The maximum atomic E-state index is 11.8. The van der Waals surface area contributed by atoms with Crippen LogP contribution in [0.15, 0.2) is 24.3 Å². The van der Waals surface area contributed by atoms with E-state index in [1.807, 2.05) is 24.3 Å². The number of carbonyl (C=O) groups is 1.